The van der Waals surface area contributed by atoms with Crippen LogP contribution in [0.25, 0.3) is 0 Å². The molecule has 12 heavy (non-hydrogen) atoms. The lowest BCUT2D eigenvalue weighted by atomic mass is 10.2. The molecule has 0 radical (unpaired) electrons. The fourth-order valence-electron chi connectivity index (χ4n) is 2.05. The second kappa shape index (κ2) is 3.59. The van der Waals surface area contributed by atoms with Crippen molar-refractivity contribution in [2.45, 2.75) is 49.3 Å². The molecule has 2 aliphatic rings. The summed E-state index contributed by atoms with van der Waals surface area (Å²) < 4.78 is 0.655. The van der Waals surface area contributed by atoms with Crippen molar-refractivity contribution in [3.63, 3.8) is 0 Å². The molecule has 2 rings (SSSR count). The van der Waals surface area contributed by atoms with Crippen LogP contribution in [0.15, 0.2) is 0 Å². The van der Waals surface area contributed by atoms with Gasteiger partial charge in [-0.1, -0.05) is 12.8 Å². The minimum Gasteiger partial charge on any atom is -0.313 e. The number of rotatable bonds is 4. The molecule has 0 aromatic carbocycles. The molecule has 0 bridgehead atoms. The fourth-order valence-corrected chi connectivity index (χ4v) is 2.79. The van der Waals surface area contributed by atoms with Gasteiger partial charge in [0.05, 0.1) is 0 Å². The van der Waals surface area contributed by atoms with E-state index in [-0.39, 0.29) is 0 Å². The molecule has 2 aliphatic carbocycles. The van der Waals surface area contributed by atoms with Gasteiger partial charge in [0.25, 0.3) is 0 Å². The molecule has 0 heterocycles. The maximum absolute atomic E-state index is 3.71. The van der Waals surface area contributed by atoms with Crippen molar-refractivity contribution in [1.29, 1.82) is 0 Å². The number of thioether (sulfide) groups is 1. The molecular formula is C10H19NS. The van der Waals surface area contributed by atoms with Crippen molar-refractivity contribution in [3.05, 3.63) is 0 Å². The van der Waals surface area contributed by atoms with Crippen LogP contribution in [0.3, 0.4) is 0 Å². The third-order valence-corrected chi connectivity index (χ3v) is 4.73. The Balaban J connectivity index is 1.67. The summed E-state index contributed by atoms with van der Waals surface area (Å²) in [6.45, 7) is 1.26. The predicted octanol–water partition coefficient (Wildman–Crippen LogP) is 2.41. The van der Waals surface area contributed by atoms with E-state index in [1.54, 1.807) is 0 Å². The second-order valence-electron chi connectivity index (χ2n) is 4.25. The fraction of sp³-hybridized carbons (Fsp3) is 1.00. The highest BCUT2D eigenvalue weighted by Crippen LogP contribution is 2.46. The summed E-state index contributed by atoms with van der Waals surface area (Å²) in [4.78, 5) is 0. The van der Waals surface area contributed by atoms with Gasteiger partial charge in [0.1, 0.15) is 0 Å². The molecule has 1 nitrogen and oxygen atoms in total. The molecule has 0 aromatic heterocycles. The molecule has 0 atom stereocenters. The van der Waals surface area contributed by atoms with Crippen LogP contribution in [0.1, 0.15) is 38.5 Å². The van der Waals surface area contributed by atoms with Crippen LogP contribution >= 0.6 is 11.8 Å². The Morgan fingerprint density at radius 1 is 1.33 bits per heavy atom. The van der Waals surface area contributed by atoms with E-state index in [0.29, 0.717) is 4.75 Å². The van der Waals surface area contributed by atoms with Gasteiger partial charge in [-0.05, 0) is 31.9 Å². The van der Waals surface area contributed by atoms with Gasteiger partial charge in [-0.15, -0.1) is 0 Å². The summed E-state index contributed by atoms with van der Waals surface area (Å²) in [5, 5.41) is 3.71. The van der Waals surface area contributed by atoms with Gasteiger partial charge in [0, 0.05) is 17.3 Å². The standard InChI is InChI=1S/C10H19NS/c1-12-10(6-7-10)8-11-9-4-2-3-5-9/h9,11H,2-8H2,1H3. The zero-order valence-electron chi connectivity index (χ0n) is 7.94. The molecule has 1 N–H and O–H groups in total. The van der Waals surface area contributed by atoms with E-state index in [4.69, 9.17) is 0 Å². The van der Waals surface area contributed by atoms with Crippen LogP contribution in [-0.4, -0.2) is 23.6 Å². The van der Waals surface area contributed by atoms with E-state index in [1.165, 1.54) is 45.1 Å². The Morgan fingerprint density at radius 2 is 2.00 bits per heavy atom. The number of hydrogen-bond acceptors (Lipinski definition) is 2. The summed E-state index contributed by atoms with van der Waals surface area (Å²) in [7, 11) is 0. The van der Waals surface area contributed by atoms with Crippen molar-refractivity contribution < 1.29 is 0 Å². The molecule has 0 amide bonds. The van der Waals surface area contributed by atoms with Gasteiger partial charge in [0.2, 0.25) is 0 Å². The van der Waals surface area contributed by atoms with Crippen molar-refractivity contribution >= 4 is 11.8 Å². The molecule has 0 aromatic rings. The van der Waals surface area contributed by atoms with E-state index in [2.05, 4.69) is 23.3 Å². The highest BCUT2D eigenvalue weighted by molar-refractivity contribution is 8.00. The highest BCUT2D eigenvalue weighted by atomic mass is 32.2. The van der Waals surface area contributed by atoms with Gasteiger partial charge in [-0.2, -0.15) is 11.8 Å². The van der Waals surface area contributed by atoms with Crippen LogP contribution < -0.4 is 5.32 Å². The highest BCUT2D eigenvalue weighted by Gasteiger charge is 2.41. The minimum atomic E-state index is 0.655. The summed E-state index contributed by atoms with van der Waals surface area (Å²) in [6, 6.07) is 0.856. The first kappa shape index (κ1) is 8.89. The quantitative estimate of drug-likeness (QED) is 0.722. The van der Waals surface area contributed by atoms with Crippen molar-refractivity contribution in [2.75, 3.05) is 12.8 Å². The Labute approximate surface area is 79.7 Å². The normalized spacial score (nSPS) is 27.8. The van der Waals surface area contributed by atoms with E-state index in [1.807, 2.05) is 0 Å². The van der Waals surface area contributed by atoms with Gasteiger partial charge < -0.3 is 5.32 Å². The molecule has 70 valence electrons. The van der Waals surface area contributed by atoms with Gasteiger partial charge in [-0.3, -0.25) is 0 Å². The molecule has 0 unspecified atom stereocenters. The maximum atomic E-state index is 3.71. The third-order valence-electron chi connectivity index (χ3n) is 3.31. The number of hydrogen-bond donors (Lipinski definition) is 1. The zero-order chi connectivity index (χ0) is 8.44. The molecule has 2 saturated carbocycles. The lowest BCUT2D eigenvalue weighted by Crippen LogP contribution is -2.33. The Bertz CT molecular complexity index is 148. The van der Waals surface area contributed by atoms with Gasteiger partial charge >= 0.3 is 0 Å². The number of nitrogens with one attached hydrogen (secondary N) is 1. The van der Waals surface area contributed by atoms with E-state index < -0.39 is 0 Å². The average molecular weight is 185 g/mol. The first-order valence-corrected chi connectivity index (χ1v) is 6.36. The minimum absolute atomic E-state index is 0.655. The maximum Gasteiger partial charge on any atom is 0.0282 e. The van der Waals surface area contributed by atoms with Crippen molar-refractivity contribution in [3.8, 4) is 0 Å². The zero-order valence-corrected chi connectivity index (χ0v) is 8.75. The average Bonchev–Trinajstić information content (AvgIpc) is 2.70. The lowest BCUT2D eigenvalue weighted by Gasteiger charge is -2.17. The Morgan fingerprint density at radius 3 is 2.50 bits per heavy atom. The topological polar surface area (TPSA) is 12.0 Å². The third kappa shape index (κ3) is 1.97. The predicted molar refractivity (Wildman–Crippen MR) is 55.7 cm³/mol. The second-order valence-corrected chi connectivity index (χ2v) is 5.52. The SMILES string of the molecule is CSC1(CNC2CCCC2)CC1. The van der Waals surface area contributed by atoms with Gasteiger partial charge in [0.15, 0.2) is 0 Å². The van der Waals surface area contributed by atoms with Crippen molar-refractivity contribution in [2.24, 2.45) is 0 Å². The Kier molecular flexibility index (Phi) is 2.66. The molecule has 0 aliphatic heterocycles. The summed E-state index contributed by atoms with van der Waals surface area (Å²) >= 11 is 2.06. The van der Waals surface area contributed by atoms with Crippen LogP contribution in [0, 0.1) is 0 Å². The molecule has 2 heteroatoms. The monoisotopic (exact) mass is 185 g/mol. The first-order chi connectivity index (χ1) is 5.85. The van der Waals surface area contributed by atoms with Crippen LogP contribution in [0.4, 0.5) is 0 Å². The van der Waals surface area contributed by atoms with Crippen LogP contribution in [0.5, 0.6) is 0 Å². The molecule has 2 fully saturated rings. The van der Waals surface area contributed by atoms with E-state index in [9.17, 15) is 0 Å². The van der Waals surface area contributed by atoms with Crippen molar-refractivity contribution in [1.82, 2.24) is 5.32 Å². The first-order valence-electron chi connectivity index (χ1n) is 5.13. The Hall–Kier alpha value is 0.310. The summed E-state index contributed by atoms with van der Waals surface area (Å²) in [5.41, 5.74) is 0. The smallest absolute Gasteiger partial charge is 0.0282 e. The summed E-state index contributed by atoms with van der Waals surface area (Å²) in [6.07, 6.45) is 10.9. The van der Waals surface area contributed by atoms with Gasteiger partial charge in [-0.25, -0.2) is 0 Å². The molecule has 0 saturated heterocycles. The summed E-state index contributed by atoms with van der Waals surface area (Å²) in [5.74, 6) is 0. The largest absolute Gasteiger partial charge is 0.313 e. The van der Waals surface area contributed by atoms with Crippen LogP contribution in [-0.2, 0) is 0 Å². The molecular weight excluding hydrogens is 166 g/mol. The lowest BCUT2D eigenvalue weighted by molar-refractivity contribution is 0.518. The van der Waals surface area contributed by atoms with Crippen LogP contribution in [0.2, 0.25) is 0 Å². The van der Waals surface area contributed by atoms with E-state index >= 15 is 0 Å². The molecule has 0 spiro atoms. The van der Waals surface area contributed by atoms with E-state index in [0.717, 1.165) is 6.04 Å².